The first-order chi connectivity index (χ1) is 9.51. The van der Waals surface area contributed by atoms with Gasteiger partial charge in [0.2, 0.25) is 0 Å². The van der Waals surface area contributed by atoms with Gasteiger partial charge >= 0.3 is 23.9 Å². The Kier molecular flexibility index (Phi) is 4.68. The molecule has 1 fully saturated rings. The van der Waals surface area contributed by atoms with Gasteiger partial charge in [-0.05, 0) is 13.1 Å². The molecule has 1 heterocycles. The van der Waals surface area contributed by atoms with Crippen molar-refractivity contribution < 1.29 is 43.9 Å². The van der Waals surface area contributed by atoms with Crippen molar-refractivity contribution in [3.05, 3.63) is 0 Å². The zero-order chi connectivity index (χ0) is 17.8. The molecule has 0 saturated carbocycles. The van der Waals surface area contributed by atoms with Crippen molar-refractivity contribution in [3.8, 4) is 0 Å². The van der Waals surface area contributed by atoms with Crippen LogP contribution in [-0.2, 0) is 4.43 Å². The SMILES string of the molecule is CO[Si](C)(C)N1CC1CC(F)(F)C(F)(F)C(F)(F)C(F)(F)F. The topological polar surface area (TPSA) is 12.2 Å². The van der Waals surface area contributed by atoms with E-state index in [9.17, 15) is 39.5 Å². The Bertz CT molecular complexity index is 423. The van der Waals surface area contributed by atoms with Gasteiger partial charge in [-0.2, -0.15) is 39.5 Å². The van der Waals surface area contributed by atoms with Crippen LogP contribution in [0.4, 0.5) is 39.5 Å². The number of rotatable bonds is 6. The van der Waals surface area contributed by atoms with Crippen LogP contribution in [0.25, 0.3) is 0 Å². The van der Waals surface area contributed by atoms with E-state index in [4.69, 9.17) is 4.43 Å². The van der Waals surface area contributed by atoms with E-state index in [1.54, 1.807) is 13.1 Å². The number of hydrogen-bond acceptors (Lipinski definition) is 2. The van der Waals surface area contributed by atoms with Gasteiger partial charge in [-0.15, -0.1) is 0 Å². The first-order valence-corrected chi connectivity index (χ1v) is 8.89. The molecule has 12 heteroatoms. The molecule has 0 aromatic rings. The number of alkyl halides is 9. The molecule has 1 rings (SSSR count). The lowest BCUT2D eigenvalue weighted by Crippen LogP contribution is -2.61. The lowest BCUT2D eigenvalue weighted by Gasteiger charge is -2.34. The normalized spacial score (nSPS) is 24.5. The summed E-state index contributed by atoms with van der Waals surface area (Å²) in [6.07, 6.45) is -8.57. The van der Waals surface area contributed by atoms with E-state index in [-0.39, 0.29) is 6.54 Å². The van der Waals surface area contributed by atoms with Gasteiger partial charge in [0.05, 0.1) is 0 Å². The summed E-state index contributed by atoms with van der Waals surface area (Å²) in [4.78, 5) is 0. The fourth-order valence-electron chi connectivity index (χ4n) is 1.96. The maximum atomic E-state index is 13.4. The zero-order valence-corrected chi connectivity index (χ0v) is 12.7. The zero-order valence-electron chi connectivity index (χ0n) is 11.7. The molecule has 0 aromatic carbocycles. The summed E-state index contributed by atoms with van der Waals surface area (Å²) >= 11 is 0. The van der Waals surface area contributed by atoms with Gasteiger partial charge in [0.15, 0.2) is 0 Å². The Morgan fingerprint density at radius 3 is 1.77 bits per heavy atom. The van der Waals surface area contributed by atoms with Crippen LogP contribution in [-0.4, -0.2) is 56.7 Å². The smallest absolute Gasteiger partial charge is 0.406 e. The fraction of sp³-hybridized carbons (Fsp3) is 1.00. The van der Waals surface area contributed by atoms with E-state index in [2.05, 4.69) is 0 Å². The molecule has 0 amide bonds. The van der Waals surface area contributed by atoms with E-state index < -0.39 is 44.9 Å². The lowest BCUT2D eigenvalue weighted by atomic mass is 10.00. The van der Waals surface area contributed by atoms with Crippen LogP contribution < -0.4 is 0 Å². The highest BCUT2D eigenvalue weighted by Gasteiger charge is 2.82. The molecule has 0 bridgehead atoms. The molecular formula is C10H14F9NOSi. The molecule has 0 radical (unpaired) electrons. The van der Waals surface area contributed by atoms with E-state index in [1.165, 1.54) is 11.7 Å². The Hall–Kier alpha value is -0.493. The maximum absolute atomic E-state index is 13.4. The van der Waals surface area contributed by atoms with Gasteiger partial charge in [-0.3, -0.25) is 4.57 Å². The lowest BCUT2D eigenvalue weighted by molar-refractivity contribution is -0.396. The van der Waals surface area contributed by atoms with Crippen molar-refractivity contribution >= 4 is 8.48 Å². The van der Waals surface area contributed by atoms with Gasteiger partial charge in [0, 0.05) is 26.1 Å². The minimum Gasteiger partial charge on any atom is -0.406 e. The molecule has 22 heavy (non-hydrogen) atoms. The fourth-order valence-corrected chi connectivity index (χ4v) is 3.82. The highest BCUT2D eigenvalue weighted by atomic mass is 28.4. The van der Waals surface area contributed by atoms with Gasteiger partial charge < -0.3 is 4.43 Å². The summed E-state index contributed by atoms with van der Waals surface area (Å²) in [6.45, 7) is 2.98. The predicted octanol–water partition coefficient (Wildman–Crippen LogP) is 3.88. The average Bonchev–Trinajstić information content (AvgIpc) is 3.06. The Morgan fingerprint density at radius 1 is 0.955 bits per heavy atom. The van der Waals surface area contributed by atoms with Crippen molar-refractivity contribution in [2.75, 3.05) is 13.7 Å². The van der Waals surface area contributed by atoms with Gasteiger partial charge in [-0.25, -0.2) is 0 Å². The molecule has 1 aliphatic rings. The van der Waals surface area contributed by atoms with Gasteiger partial charge in [-0.1, -0.05) is 0 Å². The van der Waals surface area contributed by atoms with Crippen LogP contribution in [0.3, 0.4) is 0 Å². The molecule has 0 N–H and O–H groups in total. The van der Waals surface area contributed by atoms with E-state index in [0.29, 0.717) is 0 Å². The third kappa shape index (κ3) is 3.09. The minimum absolute atomic E-state index is 0.115. The molecular weight excluding hydrogens is 349 g/mol. The number of hydrogen-bond donors (Lipinski definition) is 0. The molecule has 0 aromatic heterocycles. The molecule has 1 aliphatic heterocycles. The summed E-state index contributed by atoms with van der Waals surface area (Å²) in [5.41, 5.74) is 0. The van der Waals surface area contributed by atoms with Crippen LogP contribution in [0.15, 0.2) is 0 Å². The van der Waals surface area contributed by atoms with Gasteiger partial charge in [0.1, 0.15) is 0 Å². The number of halogens is 9. The van der Waals surface area contributed by atoms with E-state index in [1.807, 2.05) is 0 Å². The van der Waals surface area contributed by atoms with Gasteiger partial charge in [0.25, 0.3) is 8.48 Å². The van der Waals surface area contributed by atoms with Crippen molar-refractivity contribution in [1.82, 2.24) is 4.57 Å². The second-order valence-corrected chi connectivity index (χ2v) is 9.39. The highest BCUT2D eigenvalue weighted by Crippen LogP contribution is 2.55. The number of nitrogens with zero attached hydrogens (tertiary/aromatic N) is 1. The molecule has 132 valence electrons. The third-order valence-corrected chi connectivity index (χ3v) is 6.54. The monoisotopic (exact) mass is 363 g/mol. The Balaban J connectivity index is 2.91. The van der Waals surface area contributed by atoms with Crippen molar-refractivity contribution in [2.45, 2.75) is 49.5 Å². The summed E-state index contributed by atoms with van der Waals surface area (Å²) in [5, 5.41) is 0. The quantitative estimate of drug-likeness (QED) is 0.403. The van der Waals surface area contributed by atoms with Crippen LogP contribution >= 0.6 is 0 Å². The average molecular weight is 363 g/mol. The Labute approximate surface area is 121 Å². The first-order valence-electron chi connectivity index (χ1n) is 6.03. The highest BCUT2D eigenvalue weighted by molar-refractivity contribution is 6.69. The molecule has 0 aliphatic carbocycles. The summed E-state index contributed by atoms with van der Waals surface area (Å²) < 4.78 is 121. The minimum atomic E-state index is -6.82. The Morgan fingerprint density at radius 2 is 1.41 bits per heavy atom. The van der Waals surface area contributed by atoms with Crippen LogP contribution in [0.1, 0.15) is 6.42 Å². The second-order valence-electron chi connectivity index (χ2n) is 5.51. The summed E-state index contributed by atoms with van der Waals surface area (Å²) in [6, 6.07) is -1.22. The first kappa shape index (κ1) is 19.6. The summed E-state index contributed by atoms with van der Waals surface area (Å²) in [7, 11) is -1.33. The maximum Gasteiger partial charge on any atom is 0.460 e. The van der Waals surface area contributed by atoms with E-state index >= 15 is 0 Å². The second kappa shape index (κ2) is 5.26. The van der Waals surface area contributed by atoms with Crippen LogP contribution in [0, 0.1) is 0 Å². The van der Waals surface area contributed by atoms with Crippen molar-refractivity contribution in [3.63, 3.8) is 0 Å². The van der Waals surface area contributed by atoms with Crippen LogP contribution in [0.5, 0.6) is 0 Å². The largest absolute Gasteiger partial charge is 0.460 e. The molecule has 2 nitrogen and oxygen atoms in total. The third-order valence-electron chi connectivity index (χ3n) is 3.61. The molecule has 2 atom stereocenters. The molecule has 2 unspecified atom stereocenters. The van der Waals surface area contributed by atoms with Crippen LogP contribution in [0.2, 0.25) is 13.1 Å². The van der Waals surface area contributed by atoms with Crippen molar-refractivity contribution in [2.24, 2.45) is 0 Å². The standard InChI is InChI=1S/C10H14F9NOSi/c1-21-22(2,3)20-5-6(20)4-7(11,12)8(13,14)9(15,16)10(17,18)19/h6H,4-5H2,1-3H3. The van der Waals surface area contributed by atoms with Crippen molar-refractivity contribution in [1.29, 1.82) is 0 Å². The summed E-state index contributed by atoms with van der Waals surface area (Å²) in [5.74, 6) is -18.9. The predicted molar refractivity (Wildman–Crippen MR) is 60.5 cm³/mol. The van der Waals surface area contributed by atoms with E-state index in [0.717, 1.165) is 0 Å². The molecule has 0 spiro atoms. The molecule has 1 saturated heterocycles.